The smallest absolute Gasteiger partial charge is 0.241 e. The van der Waals surface area contributed by atoms with Crippen LogP contribution in [0.2, 0.25) is 0 Å². The zero-order valence-corrected chi connectivity index (χ0v) is 14.3. The fourth-order valence-corrected chi connectivity index (χ4v) is 3.34. The molecule has 0 atom stereocenters. The lowest BCUT2D eigenvalue weighted by Gasteiger charge is -2.36. The third kappa shape index (κ3) is 2.90. The summed E-state index contributed by atoms with van der Waals surface area (Å²) in [7, 11) is 1.89. The molecule has 1 fully saturated rings. The van der Waals surface area contributed by atoms with Crippen molar-refractivity contribution in [1.82, 2.24) is 28.7 Å². The molecule has 1 aliphatic heterocycles. The van der Waals surface area contributed by atoms with Gasteiger partial charge in [0.1, 0.15) is 11.6 Å². The van der Waals surface area contributed by atoms with Gasteiger partial charge in [0.25, 0.3) is 0 Å². The van der Waals surface area contributed by atoms with Crippen LogP contribution < -0.4 is 4.74 Å². The Morgan fingerprint density at radius 1 is 1.29 bits per heavy atom. The van der Waals surface area contributed by atoms with Gasteiger partial charge < -0.3 is 4.74 Å². The fourth-order valence-electron chi connectivity index (χ4n) is 2.54. The summed E-state index contributed by atoms with van der Waals surface area (Å²) in [4.78, 5) is 4.69. The van der Waals surface area contributed by atoms with Crippen molar-refractivity contribution in [2.45, 2.75) is 13.0 Å². The Labute approximate surface area is 144 Å². The van der Waals surface area contributed by atoms with Gasteiger partial charge in [-0.15, -0.1) is 0 Å². The van der Waals surface area contributed by atoms with Gasteiger partial charge in [-0.05, 0) is 18.4 Å². The van der Waals surface area contributed by atoms with Crippen LogP contribution in [0.5, 0.6) is 5.88 Å². The largest absolute Gasteiger partial charge is 0.470 e. The first kappa shape index (κ1) is 15.2. The van der Waals surface area contributed by atoms with Crippen LogP contribution >= 0.6 is 11.9 Å². The van der Waals surface area contributed by atoms with Crippen LogP contribution in [-0.4, -0.2) is 47.9 Å². The summed E-state index contributed by atoms with van der Waals surface area (Å²) in [5.74, 6) is 0.620. The number of aryl methyl sites for hydroxylation is 1. The number of allylic oxidation sites excluding steroid dienone is 1. The standard InChI is InChI=1S/C16H18N6OS/c1-3-6-24-21-9-13(10-21)23-16-15-4-5-17-22(15)11-14(19-16)12-7-18-20(2)8-12/h3-8,11,13H,9-10H2,1-2H3/b6-3-. The summed E-state index contributed by atoms with van der Waals surface area (Å²) in [5.41, 5.74) is 2.62. The number of nitrogens with zero attached hydrogens (tertiary/aromatic N) is 6. The molecule has 0 aliphatic carbocycles. The van der Waals surface area contributed by atoms with Crippen molar-refractivity contribution in [3.8, 4) is 17.1 Å². The molecule has 4 rings (SSSR count). The highest BCUT2D eigenvalue weighted by atomic mass is 32.2. The van der Waals surface area contributed by atoms with Gasteiger partial charge in [-0.3, -0.25) is 4.68 Å². The molecule has 8 heteroatoms. The lowest BCUT2D eigenvalue weighted by molar-refractivity contribution is 0.0811. The maximum absolute atomic E-state index is 6.12. The van der Waals surface area contributed by atoms with E-state index in [2.05, 4.69) is 19.9 Å². The maximum atomic E-state index is 6.12. The molecule has 0 unspecified atom stereocenters. The second-order valence-electron chi connectivity index (χ2n) is 5.66. The summed E-state index contributed by atoms with van der Waals surface area (Å²) < 4.78 is 11.9. The van der Waals surface area contributed by atoms with Crippen molar-refractivity contribution < 1.29 is 4.74 Å². The zero-order valence-electron chi connectivity index (χ0n) is 13.5. The molecule has 1 aliphatic rings. The van der Waals surface area contributed by atoms with E-state index in [0.717, 1.165) is 29.9 Å². The molecule has 0 bridgehead atoms. The average molecular weight is 342 g/mol. The maximum Gasteiger partial charge on any atom is 0.241 e. The normalized spacial score (nSPS) is 16.1. The molecule has 4 heterocycles. The van der Waals surface area contributed by atoms with Gasteiger partial charge in [0.05, 0.1) is 24.3 Å². The lowest BCUT2D eigenvalue weighted by Crippen LogP contribution is -2.49. The minimum atomic E-state index is 0.151. The highest BCUT2D eigenvalue weighted by Crippen LogP contribution is 2.28. The highest BCUT2D eigenvalue weighted by molar-refractivity contribution is 7.99. The van der Waals surface area contributed by atoms with Gasteiger partial charge in [-0.2, -0.15) is 10.2 Å². The average Bonchev–Trinajstić information content (AvgIpc) is 3.17. The van der Waals surface area contributed by atoms with Crippen LogP contribution in [0, 0.1) is 0 Å². The Kier molecular flexibility index (Phi) is 3.99. The van der Waals surface area contributed by atoms with Gasteiger partial charge in [-0.1, -0.05) is 18.0 Å². The van der Waals surface area contributed by atoms with E-state index < -0.39 is 0 Å². The quantitative estimate of drug-likeness (QED) is 0.664. The minimum absolute atomic E-state index is 0.151. The second kappa shape index (κ2) is 6.29. The van der Waals surface area contributed by atoms with E-state index in [4.69, 9.17) is 9.72 Å². The van der Waals surface area contributed by atoms with E-state index in [1.165, 1.54) is 0 Å². The number of rotatable bonds is 5. The second-order valence-corrected chi connectivity index (χ2v) is 6.66. The van der Waals surface area contributed by atoms with Gasteiger partial charge in [0.2, 0.25) is 5.88 Å². The Balaban J connectivity index is 1.57. The molecule has 0 amide bonds. The number of fused-ring (bicyclic) bond motifs is 1. The third-order valence-corrected chi connectivity index (χ3v) is 4.79. The van der Waals surface area contributed by atoms with E-state index in [1.807, 2.05) is 38.5 Å². The monoisotopic (exact) mass is 342 g/mol. The van der Waals surface area contributed by atoms with E-state index >= 15 is 0 Å². The van der Waals surface area contributed by atoms with Crippen LogP contribution in [0.15, 0.2) is 42.3 Å². The molecule has 0 saturated carbocycles. The van der Waals surface area contributed by atoms with Gasteiger partial charge in [0, 0.05) is 31.9 Å². The first-order chi connectivity index (χ1) is 11.7. The highest BCUT2D eigenvalue weighted by Gasteiger charge is 2.29. The molecule has 1 saturated heterocycles. The van der Waals surface area contributed by atoms with Crippen LogP contribution in [0.3, 0.4) is 0 Å². The number of hydrogen-bond acceptors (Lipinski definition) is 6. The van der Waals surface area contributed by atoms with Crippen LogP contribution in [0.4, 0.5) is 0 Å². The van der Waals surface area contributed by atoms with Crippen molar-refractivity contribution in [2.75, 3.05) is 13.1 Å². The van der Waals surface area contributed by atoms with E-state index in [1.54, 1.807) is 33.5 Å². The molecule has 124 valence electrons. The molecule has 0 N–H and O–H groups in total. The number of aromatic nitrogens is 5. The third-order valence-electron chi connectivity index (χ3n) is 3.80. The van der Waals surface area contributed by atoms with Crippen molar-refractivity contribution in [1.29, 1.82) is 0 Å². The van der Waals surface area contributed by atoms with Gasteiger partial charge in [0.15, 0.2) is 0 Å². The molecular weight excluding hydrogens is 324 g/mol. The van der Waals surface area contributed by atoms with Crippen LogP contribution in [-0.2, 0) is 7.05 Å². The number of hydrogen-bond donors (Lipinski definition) is 0. The summed E-state index contributed by atoms with van der Waals surface area (Å²) in [6.45, 7) is 3.78. The van der Waals surface area contributed by atoms with Crippen molar-refractivity contribution in [3.05, 3.63) is 42.3 Å². The summed E-state index contributed by atoms with van der Waals surface area (Å²) in [5, 5.41) is 10.6. The van der Waals surface area contributed by atoms with Crippen LogP contribution in [0.1, 0.15) is 6.92 Å². The summed E-state index contributed by atoms with van der Waals surface area (Å²) in [6, 6.07) is 1.92. The molecule has 0 radical (unpaired) electrons. The topological polar surface area (TPSA) is 60.5 Å². The molecule has 3 aromatic rings. The predicted molar refractivity (Wildman–Crippen MR) is 93.6 cm³/mol. The Hall–Kier alpha value is -2.32. The molecule has 7 nitrogen and oxygen atoms in total. The van der Waals surface area contributed by atoms with Crippen molar-refractivity contribution in [2.24, 2.45) is 7.05 Å². The first-order valence-electron chi connectivity index (χ1n) is 7.76. The van der Waals surface area contributed by atoms with Gasteiger partial charge in [-0.25, -0.2) is 13.8 Å². The van der Waals surface area contributed by atoms with Crippen molar-refractivity contribution >= 4 is 17.5 Å². The molecule has 3 aromatic heterocycles. The molecule has 0 spiro atoms. The SMILES string of the molecule is C/C=C\SN1CC(Oc2nc(-c3cnn(C)c3)cn3nccc23)C1. The van der Waals surface area contributed by atoms with E-state index in [0.29, 0.717) is 5.88 Å². The Bertz CT molecular complexity index is 880. The van der Waals surface area contributed by atoms with Gasteiger partial charge >= 0.3 is 0 Å². The van der Waals surface area contributed by atoms with E-state index in [9.17, 15) is 0 Å². The Morgan fingerprint density at radius 2 is 2.17 bits per heavy atom. The van der Waals surface area contributed by atoms with Crippen LogP contribution in [0.25, 0.3) is 16.8 Å². The summed E-state index contributed by atoms with van der Waals surface area (Å²) >= 11 is 1.71. The van der Waals surface area contributed by atoms with E-state index in [-0.39, 0.29) is 6.10 Å². The fraction of sp³-hybridized carbons (Fsp3) is 0.312. The first-order valence-corrected chi connectivity index (χ1v) is 8.59. The lowest BCUT2D eigenvalue weighted by atomic mass is 10.2. The molecule has 24 heavy (non-hydrogen) atoms. The molecular formula is C16H18N6OS. The zero-order chi connectivity index (χ0) is 16.5. The minimum Gasteiger partial charge on any atom is -0.470 e. The molecule has 0 aromatic carbocycles. The predicted octanol–water partition coefficient (Wildman–Crippen LogP) is 2.37. The van der Waals surface area contributed by atoms with Crippen molar-refractivity contribution in [3.63, 3.8) is 0 Å². The number of ether oxygens (including phenoxy) is 1. The Morgan fingerprint density at radius 3 is 2.92 bits per heavy atom. The summed E-state index contributed by atoms with van der Waals surface area (Å²) in [6.07, 6.45) is 9.56.